The van der Waals surface area contributed by atoms with Gasteiger partial charge < -0.3 is 19.6 Å². The van der Waals surface area contributed by atoms with Crippen LogP contribution in [-0.4, -0.2) is 41.9 Å². The molecular formula is C23H17F3N2O6. The fraction of sp³-hybridized carbons (Fsp3) is 0.174. The van der Waals surface area contributed by atoms with E-state index in [1.165, 1.54) is 5.32 Å². The van der Waals surface area contributed by atoms with E-state index in [1.807, 2.05) is 48.5 Å². The summed E-state index contributed by atoms with van der Waals surface area (Å²) < 4.78 is 48.7. The second-order valence-electron chi connectivity index (χ2n) is 7.40. The van der Waals surface area contributed by atoms with Crippen molar-refractivity contribution >= 4 is 23.7 Å². The first-order valence-electron chi connectivity index (χ1n) is 9.96. The predicted molar refractivity (Wildman–Crippen MR) is 112 cm³/mol. The molecule has 8 nitrogen and oxygen atoms in total. The molecule has 1 heterocycles. The Morgan fingerprint density at radius 2 is 1.59 bits per heavy atom. The molecule has 1 unspecified atom stereocenters. The quantitative estimate of drug-likeness (QED) is 0.488. The number of ether oxygens (including phenoxy) is 1. The summed E-state index contributed by atoms with van der Waals surface area (Å²) in [6, 6.07) is 13.3. The summed E-state index contributed by atoms with van der Waals surface area (Å²) >= 11 is 0. The van der Waals surface area contributed by atoms with Crippen molar-refractivity contribution in [2.75, 3.05) is 11.9 Å². The zero-order chi connectivity index (χ0) is 24.5. The van der Waals surface area contributed by atoms with Crippen molar-refractivity contribution in [3.05, 3.63) is 77.7 Å². The number of carbonyl (C=O) groups is 3. The van der Waals surface area contributed by atoms with Crippen LogP contribution in [0.1, 0.15) is 27.6 Å². The number of rotatable bonds is 6. The Balaban J connectivity index is 1.43. The molecule has 3 aromatic rings. The van der Waals surface area contributed by atoms with E-state index in [4.69, 9.17) is 14.3 Å². The first kappa shape index (κ1) is 22.9. The van der Waals surface area contributed by atoms with Gasteiger partial charge in [0.25, 0.3) is 5.91 Å². The van der Waals surface area contributed by atoms with Gasteiger partial charge in [0.15, 0.2) is 0 Å². The number of furan rings is 1. The van der Waals surface area contributed by atoms with Gasteiger partial charge in [0, 0.05) is 12.0 Å². The van der Waals surface area contributed by atoms with Crippen LogP contribution < -0.4 is 10.6 Å². The van der Waals surface area contributed by atoms with E-state index >= 15 is 0 Å². The van der Waals surface area contributed by atoms with Gasteiger partial charge >= 0.3 is 18.2 Å². The SMILES string of the molecule is O=C(Nc1ccoc1C(=O)NC(C(=O)O)C(F)(F)F)OCC1c2ccccc2-c2ccccc21. The molecule has 0 saturated heterocycles. The van der Waals surface area contributed by atoms with Crippen LogP contribution in [0.2, 0.25) is 0 Å². The lowest BCUT2D eigenvalue weighted by molar-refractivity contribution is -0.178. The topological polar surface area (TPSA) is 118 Å². The second kappa shape index (κ2) is 8.93. The molecule has 0 bridgehead atoms. The van der Waals surface area contributed by atoms with Gasteiger partial charge in [-0.1, -0.05) is 48.5 Å². The number of carbonyl (C=O) groups excluding carboxylic acids is 2. The zero-order valence-electron chi connectivity index (χ0n) is 17.3. The van der Waals surface area contributed by atoms with E-state index in [2.05, 4.69) is 5.32 Å². The minimum Gasteiger partial charge on any atom is -0.479 e. The third-order valence-electron chi connectivity index (χ3n) is 5.30. The smallest absolute Gasteiger partial charge is 0.419 e. The number of aliphatic carboxylic acids is 1. The van der Waals surface area contributed by atoms with Gasteiger partial charge in [-0.05, 0) is 22.3 Å². The molecule has 1 aliphatic rings. The third-order valence-corrected chi connectivity index (χ3v) is 5.30. The molecular weight excluding hydrogens is 457 g/mol. The zero-order valence-corrected chi connectivity index (χ0v) is 17.3. The van der Waals surface area contributed by atoms with E-state index in [-0.39, 0.29) is 18.2 Å². The maximum absolute atomic E-state index is 12.8. The summed E-state index contributed by atoms with van der Waals surface area (Å²) in [4.78, 5) is 35.4. The van der Waals surface area contributed by atoms with E-state index in [0.717, 1.165) is 34.6 Å². The van der Waals surface area contributed by atoms with E-state index < -0.39 is 35.9 Å². The van der Waals surface area contributed by atoms with Crippen LogP contribution in [0.15, 0.2) is 65.3 Å². The molecule has 1 aromatic heterocycles. The predicted octanol–water partition coefficient (Wildman–Crippen LogP) is 4.39. The second-order valence-corrected chi connectivity index (χ2v) is 7.40. The highest BCUT2D eigenvalue weighted by Crippen LogP contribution is 2.44. The molecule has 0 fully saturated rings. The van der Waals surface area contributed by atoms with Gasteiger partial charge in [0.1, 0.15) is 6.61 Å². The monoisotopic (exact) mass is 474 g/mol. The van der Waals surface area contributed by atoms with Gasteiger partial charge in [-0.3, -0.25) is 10.1 Å². The number of carboxylic acids is 1. The van der Waals surface area contributed by atoms with Gasteiger partial charge in [-0.15, -0.1) is 0 Å². The maximum atomic E-state index is 12.8. The van der Waals surface area contributed by atoms with Crippen molar-refractivity contribution in [3.8, 4) is 11.1 Å². The van der Waals surface area contributed by atoms with Crippen molar-refractivity contribution in [1.29, 1.82) is 0 Å². The third kappa shape index (κ3) is 4.45. The number of hydrogen-bond acceptors (Lipinski definition) is 5. The molecule has 2 amide bonds. The fourth-order valence-corrected chi connectivity index (χ4v) is 3.81. The van der Waals surface area contributed by atoms with Crippen molar-refractivity contribution in [1.82, 2.24) is 5.32 Å². The van der Waals surface area contributed by atoms with Gasteiger partial charge in [-0.25, -0.2) is 9.59 Å². The van der Waals surface area contributed by atoms with Crippen molar-refractivity contribution in [3.63, 3.8) is 0 Å². The average Bonchev–Trinajstić information content (AvgIpc) is 3.37. The fourth-order valence-electron chi connectivity index (χ4n) is 3.81. The summed E-state index contributed by atoms with van der Waals surface area (Å²) in [6.07, 6.45) is -5.24. The van der Waals surface area contributed by atoms with Crippen LogP contribution in [0.25, 0.3) is 11.1 Å². The Morgan fingerprint density at radius 3 is 2.15 bits per heavy atom. The number of carboxylic acid groups (broad SMARTS) is 1. The van der Waals surface area contributed by atoms with Gasteiger partial charge in [0.05, 0.1) is 12.0 Å². The summed E-state index contributed by atoms with van der Waals surface area (Å²) in [5, 5.41) is 12.3. The number of nitrogens with one attached hydrogen (secondary N) is 2. The van der Waals surface area contributed by atoms with Crippen LogP contribution in [0.5, 0.6) is 0 Å². The summed E-state index contributed by atoms with van der Waals surface area (Å²) in [7, 11) is 0. The highest BCUT2D eigenvalue weighted by molar-refractivity contribution is 6.01. The van der Waals surface area contributed by atoms with Crippen LogP contribution in [0.3, 0.4) is 0 Å². The normalized spacial score (nSPS) is 13.5. The molecule has 4 rings (SSSR count). The van der Waals surface area contributed by atoms with Crippen molar-refractivity contribution in [2.45, 2.75) is 18.1 Å². The van der Waals surface area contributed by atoms with Gasteiger partial charge in [0.2, 0.25) is 11.8 Å². The van der Waals surface area contributed by atoms with Crippen LogP contribution in [-0.2, 0) is 9.53 Å². The first-order valence-corrected chi connectivity index (χ1v) is 9.96. The van der Waals surface area contributed by atoms with Crippen molar-refractivity contribution < 1.29 is 41.8 Å². The number of halogens is 3. The average molecular weight is 474 g/mol. The molecule has 1 aliphatic carbocycles. The van der Waals surface area contributed by atoms with Gasteiger partial charge in [-0.2, -0.15) is 13.2 Å². The maximum Gasteiger partial charge on any atom is 0.419 e. The minimum atomic E-state index is -5.23. The molecule has 0 aliphatic heterocycles. The lowest BCUT2D eigenvalue weighted by Crippen LogP contribution is -2.50. The minimum absolute atomic E-state index is 0.0333. The van der Waals surface area contributed by atoms with E-state index in [9.17, 15) is 27.6 Å². The molecule has 0 spiro atoms. The van der Waals surface area contributed by atoms with Crippen molar-refractivity contribution in [2.24, 2.45) is 0 Å². The number of benzene rings is 2. The van der Waals surface area contributed by atoms with Crippen LogP contribution in [0.4, 0.5) is 23.7 Å². The van der Waals surface area contributed by atoms with Crippen LogP contribution in [0, 0.1) is 0 Å². The molecule has 11 heteroatoms. The largest absolute Gasteiger partial charge is 0.479 e. The molecule has 2 aromatic carbocycles. The standard InChI is InChI=1S/C23H17F3N2O6/c24-23(25,26)19(21(30)31)28-20(29)18-17(9-10-33-18)27-22(32)34-11-16-14-7-3-1-5-12(14)13-6-2-4-8-15(13)16/h1-10,16,19H,11H2,(H,27,32)(H,28,29)(H,30,31). The van der Waals surface area contributed by atoms with E-state index in [0.29, 0.717) is 0 Å². The summed E-state index contributed by atoms with van der Waals surface area (Å²) in [5.41, 5.74) is 3.73. The molecule has 1 atom stereocenters. The molecule has 34 heavy (non-hydrogen) atoms. The Hall–Kier alpha value is -4.28. The highest BCUT2D eigenvalue weighted by atomic mass is 19.4. The number of amides is 2. The Bertz CT molecular complexity index is 1210. The number of alkyl halides is 3. The molecule has 176 valence electrons. The first-order chi connectivity index (χ1) is 16.2. The molecule has 0 radical (unpaired) electrons. The summed E-state index contributed by atoms with van der Waals surface area (Å²) in [5.74, 6) is -4.69. The lowest BCUT2D eigenvalue weighted by Gasteiger charge is -2.17. The Morgan fingerprint density at radius 1 is 1.00 bits per heavy atom. The lowest BCUT2D eigenvalue weighted by atomic mass is 9.98. The Labute approximate surface area is 190 Å². The van der Waals surface area contributed by atoms with Crippen LogP contribution >= 0.6 is 0 Å². The number of fused-ring (bicyclic) bond motifs is 3. The highest BCUT2D eigenvalue weighted by Gasteiger charge is 2.47. The molecule has 0 saturated carbocycles. The Kier molecular flexibility index (Phi) is 6.01. The number of hydrogen-bond donors (Lipinski definition) is 3. The summed E-state index contributed by atoms with van der Waals surface area (Å²) in [6.45, 7) is -0.0333. The number of anilines is 1. The van der Waals surface area contributed by atoms with E-state index in [1.54, 1.807) is 0 Å². The molecule has 3 N–H and O–H groups in total.